The molecule has 1 aliphatic rings. The van der Waals surface area contributed by atoms with E-state index in [0.29, 0.717) is 30.5 Å². The van der Waals surface area contributed by atoms with Crippen LogP contribution in [-0.4, -0.2) is 18.4 Å². The van der Waals surface area contributed by atoms with E-state index in [1.165, 1.54) is 0 Å². The van der Waals surface area contributed by atoms with Crippen molar-refractivity contribution in [2.45, 2.75) is 26.3 Å². The van der Waals surface area contributed by atoms with Crippen LogP contribution < -0.4 is 15.0 Å². The normalized spacial score (nSPS) is 14.2. The summed E-state index contributed by atoms with van der Waals surface area (Å²) >= 11 is 6.20. The molecule has 5 heteroatoms. The van der Waals surface area contributed by atoms with Crippen molar-refractivity contribution in [1.29, 1.82) is 0 Å². The molecule has 2 rings (SSSR count). The zero-order valence-electron chi connectivity index (χ0n) is 9.92. The fourth-order valence-electron chi connectivity index (χ4n) is 2.09. The van der Waals surface area contributed by atoms with Crippen LogP contribution in [0.1, 0.15) is 30.9 Å². The number of ether oxygens (including phenoxy) is 2. The molecule has 0 aromatic heterocycles. The molecule has 0 amide bonds. The molecule has 0 saturated heterocycles. The SMILES string of the molecule is CC(C)c1c(CNO)c(Cl)cc2c1OCCO2. The predicted octanol–water partition coefficient (Wildman–Crippen LogP) is 2.71. The highest BCUT2D eigenvalue weighted by molar-refractivity contribution is 6.31. The third kappa shape index (κ3) is 2.34. The number of hydrogen-bond donors (Lipinski definition) is 2. The Morgan fingerprint density at radius 2 is 2.12 bits per heavy atom. The van der Waals surface area contributed by atoms with E-state index in [0.717, 1.165) is 16.9 Å². The van der Waals surface area contributed by atoms with Crippen LogP contribution in [0.3, 0.4) is 0 Å². The van der Waals surface area contributed by atoms with Gasteiger partial charge < -0.3 is 14.7 Å². The molecule has 0 atom stereocenters. The molecule has 0 spiro atoms. The molecule has 4 nitrogen and oxygen atoms in total. The number of hydroxylamine groups is 1. The highest BCUT2D eigenvalue weighted by Crippen LogP contribution is 2.43. The summed E-state index contributed by atoms with van der Waals surface area (Å²) < 4.78 is 11.2. The van der Waals surface area contributed by atoms with Crippen molar-refractivity contribution in [3.05, 3.63) is 22.2 Å². The van der Waals surface area contributed by atoms with Gasteiger partial charge in [0.25, 0.3) is 0 Å². The largest absolute Gasteiger partial charge is 0.486 e. The van der Waals surface area contributed by atoms with Crippen molar-refractivity contribution in [3.8, 4) is 11.5 Å². The number of nitrogens with one attached hydrogen (secondary N) is 1. The van der Waals surface area contributed by atoms with Crippen molar-refractivity contribution >= 4 is 11.6 Å². The second-order valence-corrected chi connectivity index (χ2v) is 4.67. The second-order valence-electron chi connectivity index (χ2n) is 4.26. The molecule has 94 valence electrons. The second kappa shape index (κ2) is 5.12. The Labute approximate surface area is 105 Å². The first-order valence-corrected chi connectivity index (χ1v) is 6.00. The van der Waals surface area contributed by atoms with Gasteiger partial charge in [-0.25, -0.2) is 5.48 Å². The van der Waals surface area contributed by atoms with E-state index in [1.54, 1.807) is 6.07 Å². The van der Waals surface area contributed by atoms with E-state index in [1.807, 2.05) is 0 Å². The third-order valence-corrected chi connectivity index (χ3v) is 3.10. The summed E-state index contributed by atoms with van der Waals surface area (Å²) in [7, 11) is 0. The van der Waals surface area contributed by atoms with E-state index >= 15 is 0 Å². The van der Waals surface area contributed by atoms with Crippen LogP contribution >= 0.6 is 11.6 Å². The minimum Gasteiger partial charge on any atom is -0.486 e. The molecule has 17 heavy (non-hydrogen) atoms. The summed E-state index contributed by atoms with van der Waals surface area (Å²) in [5.41, 5.74) is 4.00. The van der Waals surface area contributed by atoms with Crippen molar-refractivity contribution in [2.24, 2.45) is 0 Å². The summed E-state index contributed by atoms with van der Waals surface area (Å²) in [6.45, 7) is 5.50. The molecular formula is C12H16ClNO3. The van der Waals surface area contributed by atoms with E-state index in [4.69, 9.17) is 26.3 Å². The molecule has 0 radical (unpaired) electrons. The van der Waals surface area contributed by atoms with Gasteiger partial charge in [0.15, 0.2) is 11.5 Å². The monoisotopic (exact) mass is 257 g/mol. The van der Waals surface area contributed by atoms with Gasteiger partial charge in [0.2, 0.25) is 0 Å². The Morgan fingerprint density at radius 1 is 1.41 bits per heavy atom. The van der Waals surface area contributed by atoms with Crippen LogP contribution in [0, 0.1) is 0 Å². The lowest BCUT2D eigenvalue weighted by Gasteiger charge is -2.25. The topological polar surface area (TPSA) is 50.7 Å². The van der Waals surface area contributed by atoms with Crippen molar-refractivity contribution < 1.29 is 14.7 Å². The number of hydrogen-bond acceptors (Lipinski definition) is 4. The van der Waals surface area contributed by atoms with Gasteiger partial charge >= 0.3 is 0 Å². The molecule has 0 saturated carbocycles. The highest BCUT2D eigenvalue weighted by Gasteiger charge is 2.23. The zero-order chi connectivity index (χ0) is 12.4. The average Bonchev–Trinajstić information content (AvgIpc) is 2.29. The Balaban J connectivity index is 2.58. The van der Waals surface area contributed by atoms with Crippen molar-refractivity contribution in [2.75, 3.05) is 13.2 Å². The van der Waals surface area contributed by atoms with Gasteiger partial charge in [0, 0.05) is 23.2 Å². The number of halogens is 1. The van der Waals surface area contributed by atoms with Gasteiger partial charge in [-0.15, -0.1) is 0 Å². The van der Waals surface area contributed by atoms with Gasteiger partial charge in [0.1, 0.15) is 13.2 Å². The molecular weight excluding hydrogens is 242 g/mol. The van der Waals surface area contributed by atoms with E-state index in [2.05, 4.69) is 19.3 Å². The van der Waals surface area contributed by atoms with Crippen LogP contribution in [0.2, 0.25) is 5.02 Å². The van der Waals surface area contributed by atoms with Crippen LogP contribution in [0.25, 0.3) is 0 Å². The summed E-state index contributed by atoms with van der Waals surface area (Å²) in [6, 6.07) is 1.74. The first kappa shape index (κ1) is 12.5. The third-order valence-electron chi connectivity index (χ3n) is 2.76. The Bertz CT molecular complexity index is 421. The fourth-order valence-corrected chi connectivity index (χ4v) is 2.35. The maximum Gasteiger partial charge on any atom is 0.165 e. The summed E-state index contributed by atoms with van der Waals surface area (Å²) in [5.74, 6) is 1.68. The average molecular weight is 258 g/mol. The zero-order valence-corrected chi connectivity index (χ0v) is 10.7. The molecule has 1 aromatic carbocycles. The van der Waals surface area contributed by atoms with E-state index in [-0.39, 0.29) is 5.92 Å². The summed E-state index contributed by atoms with van der Waals surface area (Å²) in [4.78, 5) is 0. The van der Waals surface area contributed by atoms with Crippen LogP contribution in [0.4, 0.5) is 0 Å². The van der Waals surface area contributed by atoms with Gasteiger partial charge in [-0.1, -0.05) is 25.4 Å². The number of rotatable bonds is 3. The van der Waals surface area contributed by atoms with Gasteiger partial charge in [-0.2, -0.15) is 0 Å². The smallest absolute Gasteiger partial charge is 0.165 e. The van der Waals surface area contributed by atoms with Gasteiger partial charge in [-0.05, 0) is 11.5 Å². The van der Waals surface area contributed by atoms with Crippen molar-refractivity contribution in [1.82, 2.24) is 5.48 Å². The Hall–Kier alpha value is -0.970. The highest BCUT2D eigenvalue weighted by atomic mass is 35.5. The minimum absolute atomic E-state index is 0.243. The summed E-state index contributed by atoms with van der Waals surface area (Å²) in [5, 5.41) is 9.46. The molecule has 1 heterocycles. The van der Waals surface area contributed by atoms with Gasteiger partial charge in [0.05, 0.1) is 0 Å². The molecule has 1 aromatic rings. The Morgan fingerprint density at radius 3 is 2.76 bits per heavy atom. The number of fused-ring (bicyclic) bond motifs is 1. The standard InChI is InChI=1S/C12H16ClNO3/c1-7(2)11-8(6-14-15)9(13)5-10-12(11)17-4-3-16-10/h5,7,14-15H,3-4,6H2,1-2H3. The van der Waals surface area contributed by atoms with Gasteiger partial charge in [-0.3, -0.25) is 0 Å². The maximum absolute atomic E-state index is 8.87. The first-order valence-electron chi connectivity index (χ1n) is 5.63. The van der Waals surface area contributed by atoms with Crippen LogP contribution in [0.5, 0.6) is 11.5 Å². The summed E-state index contributed by atoms with van der Waals surface area (Å²) in [6.07, 6.45) is 0. The molecule has 0 aliphatic carbocycles. The lowest BCUT2D eigenvalue weighted by atomic mass is 9.95. The first-order chi connectivity index (χ1) is 8.15. The minimum atomic E-state index is 0.243. The molecule has 0 fully saturated rings. The maximum atomic E-state index is 8.87. The molecule has 0 bridgehead atoms. The Kier molecular flexibility index (Phi) is 3.76. The molecule has 1 aliphatic heterocycles. The van der Waals surface area contributed by atoms with E-state index < -0.39 is 0 Å². The number of benzene rings is 1. The lowest BCUT2D eigenvalue weighted by Crippen LogP contribution is -2.19. The van der Waals surface area contributed by atoms with Crippen molar-refractivity contribution in [3.63, 3.8) is 0 Å². The predicted molar refractivity (Wildman–Crippen MR) is 65.2 cm³/mol. The van der Waals surface area contributed by atoms with Crippen LogP contribution in [-0.2, 0) is 6.54 Å². The van der Waals surface area contributed by atoms with Crippen LogP contribution in [0.15, 0.2) is 6.07 Å². The quantitative estimate of drug-likeness (QED) is 0.818. The molecule has 2 N–H and O–H groups in total. The molecule has 0 unspecified atom stereocenters. The fraction of sp³-hybridized carbons (Fsp3) is 0.500. The lowest BCUT2D eigenvalue weighted by molar-refractivity contribution is 0.158. The van der Waals surface area contributed by atoms with E-state index in [9.17, 15) is 0 Å².